The molecule has 1 amide bonds. The van der Waals surface area contributed by atoms with Gasteiger partial charge in [-0.3, -0.25) is 4.79 Å². The first kappa shape index (κ1) is 10.2. The van der Waals surface area contributed by atoms with Crippen LogP contribution in [0.5, 0.6) is 0 Å². The van der Waals surface area contributed by atoms with Gasteiger partial charge in [0, 0.05) is 12.1 Å². The van der Waals surface area contributed by atoms with E-state index in [0.29, 0.717) is 11.8 Å². The van der Waals surface area contributed by atoms with Gasteiger partial charge in [-0.25, -0.2) is 0 Å². The molecule has 1 aliphatic rings. The molecule has 0 unspecified atom stereocenters. The maximum Gasteiger partial charge on any atom is 0.251 e. The Labute approximate surface area is 90.7 Å². The molecular formula is C13H17NO. The highest BCUT2D eigenvalue weighted by molar-refractivity contribution is 5.97. The minimum atomic E-state index is 0.0746. The fraction of sp³-hybridized carbons (Fsp3) is 0.462. The summed E-state index contributed by atoms with van der Waals surface area (Å²) in [6.45, 7) is 7.19. The molecule has 80 valence electrons. The second-order valence-corrected chi connectivity index (χ2v) is 4.61. The fourth-order valence-electron chi connectivity index (χ4n) is 2.01. The Balaban J connectivity index is 2.50. The number of amides is 1. The van der Waals surface area contributed by atoms with Crippen molar-refractivity contribution in [2.24, 2.45) is 0 Å². The topological polar surface area (TPSA) is 29.1 Å². The maximum absolute atomic E-state index is 11.7. The summed E-state index contributed by atoms with van der Waals surface area (Å²) >= 11 is 0. The number of benzene rings is 1. The van der Waals surface area contributed by atoms with E-state index in [0.717, 1.165) is 12.1 Å². The molecule has 2 rings (SSSR count). The molecule has 0 saturated heterocycles. The number of carbonyl (C=O) groups is 1. The number of carbonyl (C=O) groups excluding carboxylic acids is 1. The largest absolute Gasteiger partial charge is 0.351 e. The van der Waals surface area contributed by atoms with E-state index in [-0.39, 0.29) is 5.91 Å². The van der Waals surface area contributed by atoms with Crippen molar-refractivity contribution in [3.05, 3.63) is 34.9 Å². The Morgan fingerprint density at radius 1 is 1.40 bits per heavy atom. The van der Waals surface area contributed by atoms with E-state index >= 15 is 0 Å². The highest BCUT2D eigenvalue weighted by Crippen LogP contribution is 2.26. The summed E-state index contributed by atoms with van der Waals surface area (Å²) in [7, 11) is 0. The minimum absolute atomic E-state index is 0.0746. The van der Waals surface area contributed by atoms with Crippen LogP contribution in [0.2, 0.25) is 0 Å². The van der Waals surface area contributed by atoms with E-state index in [9.17, 15) is 4.79 Å². The Morgan fingerprint density at radius 3 is 2.80 bits per heavy atom. The number of hydrogen-bond acceptors (Lipinski definition) is 1. The summed E-state index contributed by atoms with van der Waals surface area (Å²) in [4.78, 5) is 11.7. The number of nitrogens with one attached hydrogen (secondary N) is 1. The maximum atomic E-state index is 11.7. The molecule has 1 atom stereocenters. The molecule has 1 N–H and O–H groups in total. The molecule has 0 aromatic heterocycles. The van der Waals surface area contributed by atoms with Crippen molar-refractivity contribution in [1.29, 1.82) is 0 Å². The van der Waals surface area contributed by atoms with Crippen LogP contribution >= 0.6 is 0 Å². The molecule has 2 nitrogen and oxygen atoms in total. The van der Waals surface area contributed by atoms with Crippen molar-refractivity contribution in [1.82, 2.24) is 5.32 Å². The van der Waals surface area contributed by atoms with Crippen LogP contribution in [0.4, 0.5) is 0 Å². The molecule has 0 saturated carbocycles. The van der Waals surface area contributed by atoms with E-state index in [4.69, 9.17) is 0 Å². The lowest BCUT2D eigenvalue weighted by Crippen LogP contribution is -2.34. The van der Waals surface area contributed by atoms with Gasteiger partial charge in [-0.05, 0) is 29.0 Å². The molecule has 1 aliphatic heterocycles. The summed E-state index contributed by atoms with van der Waals surface area (Å²) in [5, 5.41) is 2.92. The van der Waals surface area contributed by atoms with Crippen LogP contribution in [0.25, 0.3) is 0 Å². The molecule has 0 aliphatic carbocycles. The van der Waals surface area contributed by atoms with Gasteiger partial charge in [-0.2, -0.15) is 0 Å². The fourth-order valence-corrected chi connectivity index (χ4v) is 2.01. The number of rotatable bonds is 1. The highest BCUT2D eigenvalue weighted by atomic mass is 16.1. The lowest BCUT2D eigenvalue weighted by atomic mass is 9.88. The third-order valence-electron chi connectivity index (χ3n) is 3.09. The predicted octanol–water partition coefficient (Wildman–Crippen LogP) is 2.66. The zero-order valence-electron chi connectivity index (χ0n) is 9.50. The number of fused-ring (bicyclic) bond motifs is 1. The SMILES string of the molecule is CC(C)c1ccc2c(c1)C(=O)NC[C@H]2C. The first-order valence-corrected chi connectivity index (χ1v) is 5.51. The Kier molecular flexibility index (Phi) is 2.51. The van der Waals surface area contributed by atoms with E-state index in [1.165, 1.54) is 11.1 Å². The molecule has 0 fully saturated rings. The Bertz CT molecular complexity index is 396. The van der Waals surface area contributed by atoms with Gasteiger partial charge in [-0.1, -0.05) is 32.9 Å². The van der Waals surface area contributed by atoms with Crippen molar-refractivity contribution >= 4 is 5.91 Å². The zero-order valence-corrected chi connectivity index (χ0v) is 9.50. The first-order valence-electron chi connectivity index (χ1n) is 5.51. The first-order chi connectivity index (χ1) is 7.09. The second-order valence-electron chi connectivity index (χ2n) is 4.61. The van der Waals surface area contributed by atoms with Gasteiger partial charge in [0.15, 0.2) is 0 Å². The summed E-state index contributed by atoms with van der Waals surface area (Å²) in [6, 6.07) is 6.28. The lowest BCUT2D eigenvalue weighted by molar-refractivity contribution is 0.0941. The molecule has 2 heteroatoms. The summed E-state index contributed by atoms with van der Waals surface area (Å²) < 4.78 is 0. The van der Waals surface area contributed by atoms with Crippen LogP contribution < -0.4 is 5.32 Å². The van der Waals surface area contributed by atoms with E-state index in [2.05, 4.69) is 38.2 Å². The van der Waals surface area contributed by atoms with E-state index in [1.54, 1.807) is 0 Å². The molecule has 1 heterocycles. The molecule has 15 heavy (non-hydrogen) atoms. The summed E-state index contributed by atoms with van der Waals surface area (Å²) in [6.07, 6.45) is 0. The van der Waals surface area contributed by atoms with Crippen molar-refractivity contribution in [2.45, 2.75) is 32.6 Å². The van der Waals surface area contributed by atoms with Crippen LogP contribution in [-0.2, 0) is 0 Å². The van der Waals surface area contributed by atoms with Crippen molar-refractivity contribution in [3.8, 4) is 0 Å². The zero-order chi connectivity index (χ0) is 11.0. The van der Waals surface area contributed by atoms with Gasteiger partial charge in [-0.15, -0.1) is 0 Å². The molecule has 0 radical (unpaired) electrons. The average molecular weight is 203 g/mol. The summed E-state index contributed by atoms with van der Waals surface area (Å²) in [5.41, 5.74) is 3.28. The third kappa shape index (κ3) is 1.76. The van der Waals surface area contributed by atoms with Crippen LogP contribution in [0.3, 0.4) is 0 Å². The molecule has 1 aromatic carbocycles. The van der Waals surface area contributed by atoms with Crippen LogP contribution in [0.15, 0.2) is 18.2 Å². The van der Waals surface area contributed by atoms with Crippen LogP contribution in [0.1, 0.15) is 54.1 Å². The molecule has 0 bridgehead atoms. The lowest BCUT2D eigenvalue weighted by Gasteiger charge is -2.23. The summed E-state index contributed by atoms with van der Waals surface area (Å²) in [5.74, 6) is 0.977. The van der Waals surface area contributed by atoms with E-state index in [1.807, 2.05) is 6.07 Å². The predicted molar refractivity (Wildman–Crippen MR) is 61.3 cm³/mol. The smallest absolute Gasteiger partial charge is 0.251 e. The van der Waals surface area contributed by atoms with Gasteiger partial charge in [0.05, 0.1) is 0 Å². The minimum Gasteiger partial charge on any atom is -0.351 e. The van der Waals surface area contributed by atoms with Gasteiger partial charge in [0.25, 0.3) is 5.91 Å². The second kappa shape index (κ2) is 3.69. The Hall–Kier alpha value is -1.31. The van der Waals surface area contributed by atoms with Crippen molar-refractivity contribution < 1.29 is 4.79 Å². The Morgan fingerprint density at radius 2 is 2.13 bits per heavy atom. The third-order valence-corrected chi connectivity index (χ3v) is 3.09. The molecule has 1 aromatic rings. The monoisotopic (exact) mass is 203 g/mol. The van der Waals surface area contributed by atoms with Gasteiger partial charge < -0.3 is 5.32 Å². The van der Waals surface area contributed by atoms with Gasteiger partial charge in [0.1, 0.15) is 0 Å². The van der Waals surface area contributed by atoms with Crippen LogP contribution in [-0.4, -0.2) is 12.5 Å². The standard InChI is InChI=1S/C13H17NO/c1-8(2)10-4-5-11-9(3)7-14-13(15)12(11)6-10/h4-6,8-9H,7H2,1-3H3,(H,14,15)/t9-/m1/s1. The average Bonchev–Trinajstić information content (AvgIpc) is 2.23. The molecular weight excluding hydrogens is 186 g/mol. The van der Waals surface area contributed by atoms with Crippen molar-refractivity contribution in [3.63, 3.8) is 0 Å². The van der Waals surface area contributed by atoms with Crippen LogP contribution in [0, 0.1) is 0 Å². The highest BCUT2D eigenvalue weighted by Gasteiger charge is 2.22. The van der Waals surface area contributed by atoms with Gasteiger partial charge in [0.2, 0.25) is 0 Å². The van der Waals surface area contributed by atoms with E-state index < -0.39 is 0 Å². The van der Waals surface area contributed by atoms with Crippen molar-refractivity contribution in [2.75, 3.05) is 6.54 Å². The molecule has 0 spiro atoms. The van der Waals surface area contributed by atoms with Gasteiger partial charge >= 0.3 is 0 Å². The normalized spacial score (nSPS) is 20.0. The quantitative estimate of drug-likeness (QED) is 0.747. The number of hydrogen-bond donors (Lipinski definition) is 1.